The van der Waals surface area contributed by atoms with Gasteiger partial charge in [0.1, 0.15) is 17.1 Å². The van der Waals surface area contributed by atoms with Crippen LogP contribution in [0.15, 0.2) is 66.9 Å². The van der Waals surface area contributed by atoms with Gasteiger partial charge in [0.25, 0.3) is 5.91 Å². The van der Waals surface area contributed by atoms with E-state index in [1.807, 2.05) is 55.5 Å². The van der Waals surface area contributed by atoms with Crippen molar-refractivity contribution in [2.75, 3.05) is 33.3 Å². The van der Waals surface area contributed by atoms with E-state index in [1.54, 1.807) is 30.3 Å². The second kappa shape index (κ2) is 13.5. The van der Waals surface area contributed by atoms with E-state index in [1.165, 1.54) is 4.90 Å². The molecule has 0 spiro atoms. The molecule has 2 aromatic carbocycles. The quantitative estimate of drug-likeness (QED) is 0.511. The van der Waals surface area contributed by atoms with Crippen LogP contribution in [-0.2, 0) is 27.4 Å². The van der Waals surface area contributed by atoms with Crippen LogP contribution in [0.1, 0.15) is 41.3 Å². The fraction of sp³-hybridized carbons (Fsp3) is 0.375. The minimum Gasteiger partial charge on any atom is -0.477 e. The molecule has 3 amide bonds. The molecule has 0 unspecified atom stereocenters. The van der Waals surface area contributed by atoms with E-state index >= 15 is 0 Å². The van der Waals surface area contributed by atoms with Crippen LogP contribution in [-0.4, -0.2) is 77.9 Å². The number of likely N-dealkylation sites (N-methyl/N-ethyl adjacent to an activating group) is 1. The van der Waals surface area contributed by atoms with Crippen molar-refractivity contribution in [1.29, 1.82) is 0 Å². The average Bonchev–Trinajstić information content (AvgIpc) is 2.99. The molecule has 0 aliphatic carbocycles. The van der Waals surface area contributed by atoms with Crippen LogP contribution in [0.3, 0.4) is 0 Å². The molecule has 10 nitrogen and oxygen atoms in total. The SMILES string of the molecule is CCOc1ncccc1C(=O)N1CC[C@@H]2OCc3cccc(c3)Oc3cccc(c3)CCC(=O)N(C)CC(=O)N[C@@H]2C1. The summed E-state index contributed by atoms with van der Waals surface area (Å²) in [6, 6.07) is 18.3. The van der Waals surface area contributed by atoms with Gasteiger partial charge in [-0.05, 0) is 67.3 Å². The fourth-order valence-corrected chi connectivity index (χ4v) is 5.23. The zero-order valence-electron chi connectivity index (χ0n) is 24.0. The lowest BCUT2D eigenvalue weighted by atomic mass is 10.0. The van der Waals surface area contributed by atoms with Gasteiger partial charge in [-0.3, -0.25) is 14.4 Å². The van der Waals surface area contributed by atoms with Gasteiger partial charge >= 0.3 is 0 Å². The first kappa shape index (κ1) is 29.1. The van der Waals surface area contributed by atoms with Gasteiger partial charge in [0.2, 0.25) is 17.7 Å². The standard InChI is InChI=1S/C32H36N4O6/c1-3-40-31-26(11-6-15-33-31)32(39)36-16-14-28-27(19-36)34-29(37)20-35(2)30(38)13-12-22-7-4-9-24(17-22)42-25-10-5-8-23(18-25)21-41-28/h4-11,15,17-18,27-28H,3,12-14,16,19-21H2,1-2H3,(H,34,37)/t27-,28+/m1/s1. The fourth-order valence-electron chi connectivity index (χ4n) is 5.23. The zero-order chi connectivity index (χ0) is 29.5. The number of benzene rings is 2. The van der Waals surface area contributed by atoms with Crippen LogP contribution >= 0.6 is 0 Å². The molecule has 3 aromatic rings. The lowest BCUT2D eigenvalue weighted by Crippen LogP contribution is -2.58. The van der Waals surface area contributed by atoms with Crippen molar-refractivity contribution in [3.05, 3.63) is 83.6 Å². The smallest absolute Gasteiger partial charge is 0.259 e. The van der Waals surface area contributed by atoms with Gasteiger partial charge in [-0.1, -0.05) is 24.3 Å². The van der Waals surface area contributed by atoms with E-state index in [-0.39, 0.29) is 49.2 Å². The summed E-state index contributed by atoms with van der Waals surface area (Å²) in [6.45, 7) is 3.11. The minimum absolute atomic E-state index is 0.0989. The number of aromatic nitrogens is 1. The normalized spacial score (nSPS) is 20.0. The Morgan fingerprint density at radius 2 is 1.81 bits per heavy atom. The summed E-state index contributed by atoms with van der Waals surface area (Å²) < 4.78 is 18.0. The Bertz CT molecular complexity index is 1430. The first-order chi connectivity index (χ1) is 20.4. The third kappa shape index (κ3) is 7.25. The third-order valence-corrected chi connectivity index (χ3v) is 7.40. The number of piperidine rings is 1. The number of amides is 3. The van der Waals surface area contributed by atoms with E-state index in [4.69, 9.17) is 14.2 Å². The number of pyridine rings is 1. The molecule has 0 radical (unpaired) electrons. The Labute approximate surface area is 245 Å². The molecule has 42 heavy (non-hydrogen) atoms. The Morgan fingerprint density at radius 1 is 1.05 bits per heavy atom. The van der Waals surface area contributed by atoms with Gasteiger partial charge in [-0.2, -0.15) is 0 Å². The molecule has 0 saturated carbocycles. The molecule has 2 atom stereocenters. The van der Waals surface area contributed by atoms with Crippen molar-refractivity contribution >= 4 is 17.7 Å². The van der Waals surface area contributed by atoms with Crippen molar-refractivity contribution in [3.8, 4) is 17.4 Å². The predicted molar refractivity (Wildman–Crippen MR) is 155 cm³/mol. The lowest BCUT2D eigenvalue weighted by Gasteiger charge is -2.39. The van der Waals surface area contributed by atoms with Crippen molar-refractivity contribution in [2.45, 2.75) is 44.9 Å². The Kier molecular flexibility index (Phi) is 9.33. The second-order valence-electron chi connectivity index (χ2n) is 10.5. The number of ether oxygens (including phenoxy) is 3. The molecule has 2 aliphatic rings. The summed E-state index contributed by atoms with van der Waals surface area (Å²) in [5, 5.41) is 3.04. The predicted octanol–water partition coefficient (Wildman–Crippen LogP) is 3.59. The van der Waals surface area contributed by atoms with Gasteiger partial charge in [-0.25, -0.2) is 4.98 Å². The number of hydrogen-bond donors (Lipinski definition) is 1. The first-order valence-electron chi connectivity index (χ1n) is 14.3. The highest BCUT2D eigenvalue weighted by Gasteiger charge is 2.35. The molecule has 1 saturated heterocycles. The van der Waals surface area contributed by atoms with Gasteiger partial charge in [-0.15, -0.1) is 0 Å². The number of carbonyl (C=O) groups excluding carboxylic acids is 3. The molecule has 1 fully saturated rings. The van der Waals surface area contributed by atoms with Gasteiger partial charge in [0, 0.05) is 32.8 Å². The summed E-state index contributed by atoms with van der Waals surface area (Å²) in [7, 11) is 1.62. The highest BCUT2D eigenvalue weighted by atomic mass is 16.5. The number of carbonyl (C=O) groups is 3. The number of nitrogens with zero attached hydrogens (tertiary/aromatic N) is 3. The number of fused-ring (bicyclic) bond motifs is 5. The summed E-state index contributed by atoms with van der Waals surface area (Å²) in [5.41, 5.74) is 2.27. The molecular weight excluding hydrogens is 536 g/mol. The highest BCUT2D eigenvalue weighted by molar-refractivity contribution is 5.96. The van der Waals surface area contributed by atoms with Gasteiger partial charge in [0.15, 0.2) is 0 Å². The number of likely N-dealkylation sites (tertiary alicyclic amines) is 1. The molecule has 1 N–H and O–H groups in total. The Hall–Kier alpha value is -4.44. The minimum atomic E-state index is -0.482. The van der Waals surface area contributed by atoms with E-state index in [9.17, 15) is 14.4 Å². The van der Waals surface area contributed by atoms with Crippen LogP contribution in [0.2, 0.25) is 0 Å². The maximum atomic E-state index is 13.5. The maximum Gasteiger partial charge on any atom is 0.259 e. The van der Waals surface area contributed by atoms with Crippen molar-refractivity contribution in [1.82, 2.24) is 20.1 Å². The van der Waals surface area contributed by atoms with E-state index in [0.717, 1.165) is 11.1 Å². The Morgan fingerprint density at radius 3 is 2.60 bits per heavy atom. The van der Waals surface area contributed by atoms with E-state index < -0.39 is 6.04 Å². The summed E-state index contributed by atoms with van der Waals surface area (Å²) in [6.07, 6.45) is 2.53. The largest absolute Gasteiger partial charge is 0.477 e. The zero-order valence-corrected chi connectivity index (χ0v) is 24.0. The molecule has 5 rings (SSSR count). The molecule has 4 bridgehead atoms. The maximum absolute atomic E-state index is 13.5. The average molecular weight is 573 g/mol. The first-order valence-corrected chi connectivity index (χ1v) is 14.3. The molecule has 3 heterocycles. The number of nitrogens with one attached hydrogen (secondary N) is 1. The van der Waals surface area contributed by atoms with Crippen LogP contribution in [0, 0.1) is 0 Å². The molecule has 1 aromatic heterocycles. The number of rotatable bonds is 3. The van der Waals surface area contributed by atoms with Gasteiger partial charge < -0.3 is 29.3 Å². The van der Waals surface area contributed by atoms with Crippen molar-refractivity contribution < 1.29 is 28.6 Å². The summed E-state index contributed by atoms with van der Waals surface area (Å²) in [5.74, 6) is 0.971. The van der Waals surface area contributed by atoms with Crippen molar-refractivity contribution in [3.63, 3.8) is 0 Å². The molecule has 2 aliphatic heterocycles. The van der Waals surface area contributed by atoms with E-state index in [0.29, 0.717) is 49.7 Å². The number of aryl methyl sites for hydroxylation is 1. The molecule has 220 valence electrons. The van der Waals surface area contributed by atoms with Crippen LogP contribution in [0.4, 0.5) is 0 Å². The monoisotopic (exact) mass is 572 g/mol. The third-order valence-electron chi connectivity index (χ3n) is 7.40. The highest BCUT2D eigenvalue weighted by Crippen LogP contribution is 2.26. The van der Waals surface area contributed by atoms with E-state index in [2.05, 4.69) is 10.3 Å². The van der Waals surface area contributed by atoms with Crippen LogP contribution < -0.4 is 14.8 Å². The lowest BCUT2D eigenvalue weighted by molar-refractivity contribution is -0.135. The van der Waals surface area contributed by atoms with Crippen LogP contribution in [0.5, 0.6) is 17.4 Å². The van der Waals surface area contributed by atoms with Gasteiger partial charge in [0.05, 0.1) is 31.9 Å². The summed E-state index contributed by atoms with van der Waals surface area (Å²) >= 11 is 0. The second-order valence-corrected chi connectivity index (χ2v) is 10.5. The van der Waals surface area contributed by atoms with Crippen LogP contribution in [0.25, 0.3) is 0 Å². The molecular formula is C32H36N4O6. The van der Waals surface area contributed by atoms with Crippen molar-refractivity contribution in [2.24, 2.45) is 0 Å². The molecule has 10 heteroatoms. The number of hydrogen-bond acceptors (Lipinski definition) is 7. The Balaban J connectivity index is 1.37. The summed E-state index contributed by atoms with van der Waals surface area (Å²) in [4.78, 5) is 46.8. The topological polar surface area (TPSA) is 110 Å².